The van der Waals surface area contributed by atoms with Crippen molar-refractivity contribution in [1.29, 1.82) is 0 Å². The summed E-state index contributed by atoms with van der Waals surface area (Å²) in [6, 6.07) is 8.14. The molecule has 0 atom stereocenters. The minimum absolute atomic E-state index is 0.135. The number of ether oxygens (including phenoxy) is 1. The first kappa shape index (κ1) is 14.1. The normalized spacial score (nSPS) is 16.3. The van der Waals surface area contributed by atoms with Crippen LogP contribution >= 0.6 is 0 Å². The van der Waals surface area contributed by atoms with Gasteiger partial charge in [0, 0.05) is 25.8 Å². The van der Waals surface area contributed by atoms with Crippen LogP contribution in [0.4, 0.5) is 0 Å². The summed E-state index contributed by atoms with van der Waals surface area (Å²) in [6.45, 7) is 0.590. The smallest absolute Gasteiger partial charge is 0.253 e. The lowest BCUT2D eigenvalue weighted by Crippen LogP contribution is -2.38. The summed E-state index contributed by atoms with van der Waals surface area (Å²) in [5, 5.41) is 0. The molecule has 1 fully saturated rings. The Kier molecular flexibility index (Phi) is 4.97. The molecular formula is C16H23NO2. The van der Waals surface area contributed by atoms with E-state index in [4.69, 9.17) is 4.74 Å². The van der Waals surface area contributed by atoms with E-state index >= 15 is 0 Å². The van der Waals surface area contributed by atoms with Gasteiger partial charge in [-0.1, -0.05) is 31.4 Å². The molecule has 0 N–H and O–H groups in total. The Morgan fingerprint density at radius 1 is 1.21 bits per heavy atom. The van der Waals surface area contributed by atoms with Crippen LogP contribution < -0.4 is 0 Å². The number of amides is 1. The van der Waals surface area contributed by atoms with Crippen molar-refractivity contribution in [2.45, 2.75) is 44.8 Å². The second-order valence-corrected chi connectivity index (χ2v) is 5.34. The maximum atomic E-state index is 12.4. The number of hydrogen-bond donors (Lipinski definition) is 0. The SMILES string of the molecule is COCc1ccc(C(=O)N(C)C2CCCCC2)cc1. The third-order valence-electron chi connectivity index (χ3n) is 3.95. The molecule has 19 heavy (non-hydrogen) atoms. The van der Waals surface area contributed by atoms with Gasteiger partial charge in [0.25, 0.3) is 5.91 Å². The van der Waals surface area contributed by atoms with Crippen molar-refractivity contribution in [2.75, 3.05) is 14.2 Å². The molecule has 104 valence electrons. The van der Waals surface area contributed by atoms with Crippen molar-refractivity contribution < 1.29 is 9.53 Å². The summed E-state index contributed by atoms with van der Waals surface area (Å²) < 4.78 is 5.08. The minimum atomic E-state index is 0.135. The van der Waals surface area contributed by atoms with Gasteiger partial charge in [-0.25, -0.2) is 0 Å². The molecule has 1 aliphatic carbocycles. The molecule has 1 amide bonds. The highest BCUT2D eigenvalue weighted by Crippen LogP contribution is 2.23. The number of hydrogen-bond acceptors (Lipinski definition) is 2. The zero-order chi connectivity index (χ0) is 13.7. The topological polar surface area (TPSA) is 29.5 Å². The number of methoxy groups -OCH3 is 1. The van der Waals surface area contributed by atoms with Crippen LogP contribution in [-0.2, 0) is 11.3 Å². The molecular weight excluding hydrogens is 238 g/mol. The van der Waals surface area contributed by atoms with Crippen LogP contribution in [0.15, 0.2) is 24.3 Å². The molecule has 2 rings (SSSR count). The van der Waals surface area contributed by atoms with E-state index in [1.165, 1.54) is 19.3 Å². The summed E-state index contributed by atoms with van der Waals surface area (Å²) in [6.07, 6.45) is 6.09. The van der Waals surface area contributed by atoms with Gasteiger partial charge in [-0.15, -0.1) is 0 Å². The molecule has 0 radical (unpaired) electrons. The van der Waals surface area contributed by atoms with Crippen molar-refractivity contribution in [3.05, 3.63) is 35.4 Å². The first-order chi connectivity index (χ1) is 9.22. The molecule has 1 aromatic rings. The fourth-order valence-corrected chi connectivity index (χ4v) is 2.75. The molecule has 0 aromatic heterocycles. The quantitative estimate of drug-likeness (QED) is 0.832. The second-order valence-electron chi connectivity index (χ2n) is 5.34. The van der Waals surface area contributed by atoms with E-state index in [1.54, 1.807) is 7.11 Å². The fourth-order valence-electron chi connectivity index (χ4n) is 2.75. The summed E-state index contributed by atoms with van der Waals surface area (Å²) in [5.41, 5.74) is 1.87. The zero-order valence-electron chi connectivity index (χ0n) is 11.9. The van der Waals surface area contributed by atoms with Crippen LogP contribution in [0.25, 0.3) is 0 Å². The second kappa shape index (κ2) is 6.71. The highest BCUT2D eigenvalue weighted by atomic mass is 16.5. The summed E-state index contributed by atoms with van der Waals surface area (Å²) in [5.74, 6) is 0.135. The van der Waals surface area contributed by atoms with E-state index in [1.807, 2.05) is 36.2 Å². The van der Waals surface area contributed by atoms with Crippen molar-refractivity contribution in [3.8, 4) is 0 Å². The molecule has 1 saturated carbocycles. The van der Waals surface area contributed by atoms with Gasteiger partial charge in [-0.2, -0.15) is 0 Å². The van der Waals surface area contributed by atoms with Gasteiger partial charge >= 0.3 is 0 Å². The van der Waals surface area contributed by atoms with E-state index in [0.29, 0.717) is 12.6 Å². The third kappa shape index (κ3) is 3.57. The number of carbonyl (C=O) groups excluding carboxylic acids is 1. The van der Waals surface area contributed by atoms with Gasteiger partial charge in [0.1, 0.15) is 0 Å². The molecule has 0 heterocycles. The summed E-state index contributed by atoms with van der Waals surface area (Å²) in [4.78, 5) is 14.3. The molecule has 0 saturated heterocycles. The maximum absolute atomic E-state index is 12.4. The zero-order valence-corrected chi connectivity index (χ0v) is 11.9. The molecule has 0 bridgehead atoms. The van der Waals surface area contributed by atoms with Gasteiger partial charge in [0.05, 0.1) is 6.61 Å². The minimum Gasteiger partial charge on any atom is -0.380 e. The predicted octanol–water partition coefficient (Wildman–Crippen LogP) is 3.24. The lowest BCUT2D eigenvalue weighted by Gasteiger charge is -2.31. The monoisotopic (exact) mass is 261 g/mol. The number of rotatable bonds is 4. The summed E-state index contributed by atoms with van der Waals surface area (Å²) >= 11 is 0. The molecule has 0 unspecified atom stereocenters. The van der Waals surface area contributed by atoms with Crippen LogP contribution in [0.2, 0.25) is 0 Å². The lowest BCUT2D eigenvalue weighted by atomic mass is 9.94. The Morgan fingerprint density at radius 3 is 2.42 bits per heavy atom. The fraction of sp³-hybridized carbons (Fsp3) is 0.562. The largest absolute Gasteiger partial charge is 0.380 e. The first-order valence-electron chi connectivity index (χ1n) is 7.07. The van der Waals surface area contributed by atoms with E-state index in [9.17, 15) is 4.79 Å². The molecule has 0 spiro atoms. The Balaban J connectivity index is 2.01. The molecule has 1 aliphatic rings. The molecule has 1 aromatic carbocycles. The van der Waals surface area contributed by atoms with Crippen LogP contribution in [0.1, 0.15) is 48.0 Å². The Labute approximate surface area is 115 Å². The van der Waals surface area contributed by atoms with E-state index in [0.717, 1.165) is 24.0 Å². The van der Waals surface area contributed by atoms with Crippen LogP contribution in [-0.4, -0.2) is 31.0 Å². The van der Waals surface area contributed by atoms with Gasteiger partial charge < -0.3 is 9.64 Å². The van der Waals surface area contributed by atoms with Gasteiger partial charge in [0.2, 0.25) is 0 Å². The summed E-state index contributed by atoms with van der Waals surface area (Å²) in [7, 11) is 3.61. The molecule has 3 heteroatoms. The van der Waals surface area contributed by atoms with Crippen LogP contribution in [0, 0.1) is 0 Å². The highest BCUT2D eigenvalue weighted by molar-refractivity contribution is 5.94. The number of carbonyl (C=O) groups is 1. The van der Waals surface area contributed by atoms with Gasteiger partial charge in [-0.05, 0) is 30.5 Å². The van der Waals surface area contributed by atoms with Crippen LogP contribution in [0.5, 0.6) is 0 Å². The number of benzene rings is 1. The van der Waals surface area contributed by atoms with Crippen molar-refractivity contribution in [2.24, 2.45) is 0 Å². The Hall–Kier alpha value is -1.35. The van der Waals surface area contributed by atoms with E-state index in [2.05, 4.69) is 0 Å². The van der Waals surface area contributed by atoms with Gasteiger partial charge in [-0.3, -0.25) is 4.79 Å². The molecule has 0 aliphatic heterocycles. The average molecular weight is 261 g/mol. The van der Waals surface area contributed by atoms with E-state index in [-0.39, 0.29) is 5.91 Å². The first-order valence-corrected chi connectivity index (χ1v) is 7.07. The third-order valence-corrected chi connectivity index (χ3v) is 3.95. The Morgan fingerprint density at radius 2 is 1.84 bits per heavy atom. The number of nitrogens with zero attached hydrogens (tertiary/aromatic N) is 1. The molecule has 3 nitrogen and oxygen atoms in total. The average Bonchev–Trinajstić information content (AvgIpc) is 2.48. The van der Waals surface area contributed by atoms with Gasteiger partial charge in [0.15, 0.2) is 0 Å². The standard InChI is InChI=1S/C16H23NO2/c1-17(15-6-4-3-5-7-15)16(18)14-10-8-13(9-11-14)12-19-2/h8-11,15H,3-7,12H2,1-2H3. The van der Waals surface area contributed by atoms with E-state index < -0.39 is 0 Å². The lowest BCUT2D eigenvalue weighted by molar-refractivity contribution is 0.0696. The van der Waals surface area contributed by atoms with Crippen molar-refractivity contribution >= 4 is 5.91 Å². The van der Waals surface area contributed by atoms with Crippen molar-refractivity contribution in [3.63, 3.8) is 0 Å². The predicted molar refractivity (Wildman–Crippen MR) is 76.1 cm³/mol. The highest BCUT2D eigenvalue weighted by Gasteiger charge is 2.22. The maximum Gasteiger partial charge on any atom is 0.253 e. The van der Waals surface area contributed by atoms with Crippen LogP contribution in [0.3, 0.4) is 0 Å². The Bertz CT molecular complexity index is 407. The van der Waals surface area contributed by atoms with Crippen molar-refractivity contribution in [1.82, 2.24) is 4.90 Å².